The third-order valence-electron chi connectivity index (χ3n) is 3.76. The Bertz CT molecular complexity index is 774. The topological polar surface area (TPSA) is 25.2 Å². The number of aryl methyl sites for hydroxylation is 1. The Balaban J connectivity index is 2.07. The van der Waals surface area contributed by atoms with Gasteiger partial charge in [-0.15, -0.1) is 0 Å². The first-order chi connectivity index (χ1) is 10.2. The third kappa shape index (κ3) is 2.31. The van der Waals surface area contributed by atoms with Crippen LogP contribution in [-0.2, 0) is 7.05 Å². The minimum atomic E-state index is 0.0421. The van der Waals surface area contributed by atoms with Gasteiger partial charge in [0.1, 0.15) is 0 Å². The number of fused-ring (bicyclic) bond motifs is 1. The lowest BCUT2D eigenvalue weighted by atomic mass is 10.1. The van der Waals surface area contributed by atoms with Crippen LogP contribution in [0.2, 0.25) is 0 Å². The summed E-state index contributed by atoms with van der Waals surface area (Å²) in [5.41, 5.74) is 2.75. The standard InChI is InChI=1S/C18H18N2O/c1-3-20(14-9-5-4-6-10-14)18(21)16-13-19(2)17-12-8-7-11-15(16)17/h4-13H,3H2,1-2H3. The number of carbonyl (C=O) groups excluding carboxylic acids is 1. The highest BCUT2D eigenvalue weighted by atomic mass is 16.2. The quantitative estimate of drug-likeness (QED) is 0.714. The van der Waals surface area contributed by atoms with Crippen LogP contribution >= 0.6 is 0 Å². The molecule has 0 aliphatic carbocycles. The van der Waals surface area contributed by atoms with Crippen molar-refractivity contribution in [3.05, 3.63) is 66.4 Å². The van der Waals surface area contributed by atoms with Gasteiger partial charge in [-0.05, 0) is 25.1 Å². The fourth-order valence-electron chi connectivity index (χ4n) is 2.71. The van der Waals surface area contributed by atoms with Gasteiger partial charge >= 0.3 is 0 Å². The second kappa shape index (κ2) is 5.44. The minimum absolute atomic E-state index is 0.0421. The molecule has 2 aromatic carbocycles. The van der Waals surface area contributed by atoms with E-state index in [0.717, 1.165) is 22.2 Å². The Labute approximate surface area is 124 Å². The molecule has 0 saturated heterocycles. The van der Waals surface area contributed by atoms with E-state index in [0.29, 0.717) is 6.54 Å². The number of aromatic nitrogens is 1. The molecule has 3 rings (SSSR count). The number of rotatable bonds is 3. The van der Waals surface area contributed by atoms with E-state index in [2.05, 4.69) is 0 Å². The van der Waals surface area contributed by atoms with Crippen molar-refractivity contribution in [2.24, 2.45) is 7.05 Å². The van der Waals surface area contributed by atoms with E-state index in [1.807, 2.05) is 84.2 Å². The molecule has 0 bridgehead atoms. The van der Waals surface area contributed by atoms with Crippen molar-refractivity contribution in [1.82, 2.24) is 4.57 Å². The van der Waals surface area contributed by atoms with Crippen molar-refractivity contribution in [1.29, 1.82) is 0 Å². The van der Waals surface area contributed by atoms with Crippen LogP contribution < -0.4 is 4.90 Å². The van der Waals surface area contributed by atoms with E-state index in [1.54, 1.807) is 0 Å². The number of hydrogen-bond acceptors (Lipinski definition) is 1. The Morgan fingerprint density at radius 3 is 2.43 bits per heavy atom. The van der Waals surface area contributed by atoms with Gasteiger partial charge in [-0.2, -0.15) is 0 Å². The zero-order valence-corrected chi connectivity index (χ0v) is 12.3. The van der Waals surface area contributed by atoms with Crippen LogP contribution in [0.1, 0.15) is 17.3 Å². The van der Waals surface area contributed by atoms with E-state index in [4.69, 9.17) is 0 Å². The van der Waals surface area contributed by atoms with E-state index in [9.17, 15) is 4.79 Å². The number of hydrogen-bond donors (Lipinski definition) is 0. The van der Waals surface area contributed by atoms with Crippen molar-refractivity contribution in [3.63, 3.8) is 0 Å². The maximum absolute atomic E-state index is 12.9. The van der Waals surface area contributed by atoms with E-state index >= 15 is 0 Å². The maximum atomic E-state index is 12.9. The minimum Gasteiger partial charge on any atom is -0.350 e. The lowest BCUT2D eigenvalue weighted by Crippen LogP contribution is -2.30. The lowest BCUT2D eigenvalue weighted by Gasteiger charge is -2.20. The molecule has 0 N–H and O–H groups in total. The lowest BCUT2D eigenvalue weighted by molar-refractivity contribution is 0.0989. The van der Waals surface area contributed by atoms with E-state index < -0.39 is 0 Å². The predicted molar refractivity (Wildman–Crippen MR) is 86.7 cm³/mol. The SMILES string of the molecule is CCN(C(=O)c1cn(C)c2ccccc12)c1ccccc1. The largest absolute Gasteiger partial charge is 0.350 e. The highest BCUT2D eigenvalue weighted by Gasteiger charge is 2.20. The van der Waals surface area contributed by atoms with Gasteiger partial charge in [0.25, 0.3) is 5.91 Å². The van der Waals surface area contributed by atoms with Crippen LogP contribution in [0.5, 0.6) is 0 Å². The molecule has 1 heterocycles. The molecule has 0 aliphatic heterocycles. The average Bonchev–Trinajstić information content (AvgIpc) is 2.87. The summed E-state index contributed by atoms with van der Waals surface area (Å²) < 4.78 is 2.00. The van der Waals surface area contributed by atoms with Crippen LogP contribution in [0.4, 0.5) is 5.69 Å². The summed E-state index contributed by atoms with van der Waals surface area (Å²) in [6.45, 7) is 2.64. The summed E-state index contributed by atoms with van der Waals surface area (Å²) in [4.78, 5) is 14.7. The first-order valence-corrected chi connectivity index (χ1v) is 7.13. The smallest absolute Gasteiger partial charge is 0.260 e. The summed E-state index contributed by atoms with van der Waals surface area (Å²) in [6.07, 6.45) is 1.92. The molecule has 1 amide bonds. The number of amides is 1. The third-order valence-corrected chi connectivity index (χ3v) is 3.76. The summed E-state index contributed by atoms with van der Waals surface area (Å²) in [7, 11) is 1.97. The first kappa shape index (κ1) is 13.4. The molecule has 3 nitrogen and oxygen atoms in total. The van der Waals surface area contributed by atoms with Gasteiger partial charge in [-0.3, -0.25) is 4.79 Å². The fraction of sp³-hybridized carbons (Fsp3) is 0.167. The number of carbonyl (C=O) groups is 1. The second-order valence-corrected chi connectivity index (χ2v) is 5.06. The molecule has 0 spiro atoms. The zero-order valence-electron chi connectivity index (χ0n) is 12.3. The van der Waals surface area contributed by atoms with Gasteiger partial charge in [-0.1, -0.05) is 36.4 Å². The van der Waals surface area contributed by atoms with Crippen molar-refractivity contribution in [2.45, 2.75) is 6.92 Å². The molecule has 0 fully saturated rings. The number of benzene rings is 2. The van der Waals surface area contributed by atoms with E-state index in [-0.39, 0.29) is 5.91 Å². The zero-order chi connectivity index (χ0) is 14.8. The molecular weight excluding hydrogens is 260 g/mol. The summed E-state index contributed by atoms with van der Waals surface area (Å²) in [5, 5.41) is 0.999. The van der Waals surface area contributed by atoms with Crippen LogP contribution in [0.25, 0.3) is 10.9 Å². The molecule has 21 heavy (non-hydrogen) atoms. The van der Waals surface area contributed by atoms with Gasteiger partial charge in [0.15, 0.2) is 0 Å². The van der Waals surface area contributed by atoms with Crippen LogP contribution in [0.3, 0.4) is 0 Å². The second-order valence-electron chi connectivity index (χ2n) is 5.06. The molecule has 0 unspecified atom stereocenters. The molecular formula is C18H18N2O. The van der Waals surface area contributed by atoms with Crippen molar-refractivity contribution in [3.8, 4) is 0 Å². The normalized spacial score (nSPS) is 10.8. The van der Waals surface area contributed by atoms with Crippen molar-refractivity contribution >= 4 is 22.5 Å². The monoisotopic (exact) mass is 278 g/mol. The molecule has 3 aromatic rings. The van der Waals surface area contributed by atoms with Crippen LogP contribution in [0, 0.1) is 0 Å². The van der Waals surface area contributed by atoms with Gasteiger partial charge in [-0.25, -0.2) is 0 Å². The highest BCUT2D eigenvalue weighted by molar-refractivity contribution is 6.14. The van der Waals surface area contributed by atoms with Gasteiger partial charge in [0, 0.05) is 36.4 Å². The number of nitrogens with zero attached hydrogens (tertiary/aromatic N) is 2. The highest BCUT2D eigenvalue weighted by Crippen LogP contribution is 2.24. The Morgan fingerprint density at radius 1 is 1.05 bits per heavy atom. The summed E-state index contributed by atoms with van der Waals surface area (Å²) in [5.74, 6) is 0.0421. The first-order valence-electron chi connectivity index (χ1n) is 7.13. The Hall–Kier alpha value is -2.55. The van der Waals surface area contributed by atoms with Gasteiger partial charge < -0.3 is 9.47 Å². The Morgan fingerprint density at radius 2 is 1.71 bits per heavy atom. The molecule has 0 saturated carbocycles. The molecule has 106 valence electrons. The predicted octanol–water partition coefficient (Wildman–Crippen LogP) is 3.85. The van der Waals surface area contributed by atoms with Crippen LogP contribution in [0.15, 0.2) is 60.8 Å². The van der Waals surface area contributed by atoms with Crippen LogP contribution in [-0.4, -0.2) is 17.0 Å². The molecule has 0 radical (unpaired) electrons. The molecule has 0 atom stereocenters. The van der Waals surface area contributed by atoms with Crippen molar-refractivity contribution < 1.29 is 4.79 Å². The summed E-state index contributed by atoms with van der Waals surface area (Å²) in [6, 6.07) is 17.8. The van der Waals surface area contributed by atoms with E-state index in [1.165, 1.54) is 0 Å². The van der Waals surface area contributed by atoms with Gasteiger partial charge in [0.05, 0.1) is 5.56 Å². The molecule has 3 heteroatoms. The average molecular weight is 278 g/mol. The number of para-hydroxylation sites is 2. The van der Waals surface area contributed by atoms with Crippen molar-refractivity contribution in [2.75, 3.05) is 11.4 Å². The Kier molecular flexibility index (Phi) is 3.48. The molecule has 1 aromatic heterocycles. The molecule has 0 aliphatic rings. The van der Waals surface area contributed by atoms with Gasteiger partial charge in [0.2, 0.25) is 0 Å². The number of anilines is 1. The fourth-order valence-corrected chi connectivity index (χ4v) is 2.71. The maximum Gasteiger partial charge on any atom is 0.260 e. The summed E-state index contributed by atoms with van der Waals surface area (Å²) >= 11 is 0.